The van der Waals surface area contributed by atoms with Gasteiger partial charge in [-0.3, -0.25) is 10.00 Å². The van der Waals surface area contributed by atoms with E-state index in [0.717, 1.165) is 6.42 Å². The van der Waals surface area contributed by atoms with Gasteiger partial charge in [0.2, 0.25) is 0 Å². The topological polar surface area (TPSA) is 98.3 Å². The summed E-state index contributed by atoms with van der Waals surface area (Å²) < 4.78 is 0. The fourth-order valence-electron chi connectivity index (χ4n) is 2.55. The average Bonchev–Trinajstić information content (AvgIpc) is 2.98. The lowest BCUT2D eigenvalue weighted by Gasteiger charge is -2.30. The Morgan fingerprint density at radius 3 is 2.95 bits per heavy atom. The summed E-state index contributed by atoms with van der Waals surface area (Å²) in [7, 11) is 0. The predicted octanol–water partition coefficient (Wildman–Crippen LogP) is 2.09. The third-order valence-corrected chi connectivity index (χ3v) is 3.48. The number of carbonyl (C=O) groups is 2. The van der Waals surface area contributed by atoms with Crippen LogP contribution in [0.1, 0.15) is 22.3 Å². The van der Waals surface area contributed by atoms with Crippen LogP contribution in [0.4, 0.5) is 16.2 Å². The highest BCUT2D eigenvalue weighted by Gasteiger charge is 2.26. The molecule has 1 aliphatic rings. The fourth-order valence-corrected chi connectivity index (χ4v) is 2.55. The highest BCUT2D eigenvalue weighted by molar-refractivity contribution is 6.03. The Bertz CT molecular complexity index is 682. The maximum Gasteiger partial charge on any atom is 0.336 e. The van der Waals surface area contributed by atoms with Crippen LogP contribution in [0.15, 0.2) is 30.6 Å². The lowest BCUT2D eigenvalue weighted by atomic mass is 9.96. The Kier molecular flexibility index (Phi) is 3.31. The highest BCUT2D eigenvalue weighted by Crippen LogP contribution is 2.30. The van der Waals surface area contributed by atoms with Gasteiger partial charge < -0.3 is 10.4 Å². The van der Waals surface area contributed by atoms with E-state index < -0.39 is 5.97 Å². The first-order chi connectivity index (χ1) is 10.2. The first kappa shape index (κ1) is 13.2. The predicted molar refractivity (Wildman–Crippen MR) is 76.7 cm³/mol. The molecule has 3 N–H and O–H groups in total. The monoisotopic (exact) mass is 286 g/mol. The normalized spacial score (nSPS) is 13.6. The van der Waals surface area contributed by atoms with E-state index in [9.17, 15) is 14.7 Å². The second kappa shape index (κ2) is 5.28. The van der Waals surface area contributed by atoms with Gasteiger partial charge in [-0.25, -0.2) is 9.59 Å². The largest absolute Gasteiger partial charge is 0.478 e. The second-order valence-electron chi connectivity index (χ2n) is 4.78. The van der Waals surface area contributed by atoms with Crippen LogP contribution in [0.2, 0.25) is 0 Å². The Labute approximate surface area is 120 Å². The minimum Gasteiger partial charge on any atom is -0.478 e. The molecule has 7 heteroatoms. The van der Waals surface area contributed by atoms with E-state index in [2.05, 4.69) is 15.5 Å². The Morgan fingerprint density at radius 2 is 2.24 bits per heavy atom. The van der Waals surface area contributed by atoms with E-state index in [-0.39, 0.29) is 11.6 Å². The fraction of sp³-hybridized carbons (Fsp3) is 0.214. The number of carboxylic acid groups (broad SMARTS) is 1. The van der Waals surface area contributed by atoms with E-state index in [1.165, 1.54) is 6.20 Å². The van der Waals surface area contributed by atoms with Crippen molar-refractivity contribution in [1.29, 1.82) is 0 Å². The van der Waals surface area contributed by atoms with Crippen molar-refractivity contribution >= 4 is 23.4 Å². The van der Waals surface area contributed by atoms with Crippen LogP contribution in [0.5, 0.6) is 0 Å². The summed E-state index contributed by atoms with van der Waals surface area (Å²) in [6.07, 6.45) is 4.48. The first-order valence-corrected chi connectivity index (χ1v) is 6.59. The highest BCUT2D eigenvalue weighted by atomic mass is 16.4. The molecule has 0 saturated carbocycles. The van der Waals surface area contributed by atoms with Crippen LogP contribution in [-0.2, 0) is 6.42 Å². The van der Waals surface area contributed by atoms with Gasteiger partial charge in [0, 0.05) is 18.4 Å². The number of carboxylic acids is 1. The van der Waals surface area contributed by atoms with Crippen LogP contribution in [0.3, 0.4) is 0 Å². The van der Waals surface area contributed by atoms with Gasteiger partial charge in [0.25, 0.3) is 0 Å². The van der Waals surface area contributed by atoms with Gasteiger partial charge in [0.15, 0.2) is 0 Å². The third kappa shape index (κ3) is 2.45. The minimum absolute atomic E-state index is 0.258. The number of urea groups is 1. The molecule has 2 heterocycles. The van der Waals surface area contributed by atoms with Crippen molar-refractivity contribution in [3.63, 3.8) is 0 Å². The molecular weight excluding hydrogens is 272 g/mol. The van der Waals surface area contributed by atoms with Crippen molar-refractivity contribution in [1.82, 2.24) is 10.2 Å². The number of hydrogen-bond acceptors (Lipinski definition) is 3. The number of aromatic amines is 1. The number of H-pyrrole nitrogens is 1. The maximum absolute atomic E-state index is 12.3. The van der Waals surface area contributed by atoms with E-state index in [0.29, 0.717) is 29.9 Å². The van der Waals surface area contributed by atoms with Gasteiger partial charge >= 0.3 is 12.0 Å². The molecule has 0 saturated heterocycles. The molecule has 0 spiro atoms. The molecule has 21 heavy (non-hydrogen) atoms. The smallest absolute Gasteiger partial charge is 0.336 e. The van der Waals surface area contributed by atoms with Crippen molar-refractivity contribution < 1.29 is 14.7 Å². The first-order valence-electron chi connectivity index (χ1n) is 6.59. The summed E-state index contributed by atoms with van der Waals surface area (Å²) in [5.41, 5.74) is 2.19. The summed E-state index contributed by atoms with van der Waals surface area (Å²) in [5, 5.41) is 18.4. The van der Waals surface area contributed by atoms with Crippen LogP contribution in [0, 0.1) is 0 Å². The number of amides is 2. The molecule has 0 atom stereocenters. The van der Waals surface area contributed by atoms with Gasteiger partial charge in [-0.2, -0.15) is 5.10 Å². The molecule has 1 aromatic carbocycles. The lowest BCUT2D eigenvalue weighted by Crippen LogP contribution is -2.39. The van der Waals surface area contributed by atoms with Gasteiger partial charge in [-0.15, -0.1) is 0 Å². The molecule has 3 rings (SSSR count). The molecule has 1 aliphatic heterocycles. The molecular formula is C14H14N4O3. The van der Waals surface area contributed by atoms with Gasteiger partial charge in [-0.05, 0) is 30.5 Å². The average molecular weight is 286 g/mol. The number of fused-ring (bicyclic) bond motifs is 1. The molecule has 2 aromatic rings. The van der Waals surface area contributed by atoms with Crippen LogP contribution >= 0.6 is 0 Å². The number of anilines is 2. The zero-order valence-corrected chi connectivity index (χ0v) is 11.2. The number of carbonyl (C=O) groups excluding carboxylic acids is 1. The third-order valence-electron chi connectivity index (χ3n) is 3.48. The number of nitrogens with one attached hydrogen (secondary N) is 2. The summed E-state index contributed by atoms with van der Waals surface area (Å²) in [6, 6.07) is 4.71. The summed E-state index contributed by atoms with van der Waals surface area (Å²) in [4.78, 5) is 25.2. The van der Waals surface area contributed by atoms with Crippen molar-refractivity contribution in [3.05, 3.63) is 41.7 Å². The SMILES string of the molecule is O=C(O)c1cccc2c1CCCN2C(=O)Nc1cn[nH]c1. The van der Waals surface area contributed by atoms with Crippen LogP contribution in [0.25, 0.3) is 0 Å². The number of aromatic carboxylic acids is 1. The van der Waals surface area contributed by atoms with Crippen molar-refractivity contribution in [3.8, 4) is 0 Å². The number of rotatable bonds is 2. The summed E-state index contributed by atoms with van der Waals surface area (Å²) >= 11 is 0. The summed E-state index contributed by atoms with van der Waals surface area (Å²) in [5.74, 6) is -0.969. The van der Waals surface area contributed by atoms with E-state index in [4.69, 9.17) is 0 Å². The van der Waals surface area contributed by atoms with E-state index in [1.54, 1.807) is 29.3 Å². The van der Waals surface area contributed by atoms with Crippen LogP contribution in [-0.4, -0.2) is 33.8 Å². The van der Waals surface area contributed by atoms with Crippen molar-refractivity contribution in [2.24, 2.45) is 0 Å². The number of nitrogens with zero attached hydrogens (tertiary/aromatic N) is 2. The lowest BCUT2D eigenvalue weighted by molar-refractivity contribution is 0.0695. The molecule has 1 aromatic heterocycles. The van der Waals surface area contributed by atoms with E-state index >= 15 is 0 Å². The van der Waals surface area contributed by atoms with Crippen molar-refractivity contribution in [2.75, 3.05) is 16.8 Å². The van der Waals surface area contributed by atoms with Gasteiger partial charge in [0.05, 0.1) is 17.4 Å². The second-order valence-corrected chi connectivity index (χ2v) is 4.78. The molecule has 0 bridgehead atoms. The quantitative estimate of drug-likeness (QED) is 0.787. The molecule has 2 amide bonds. The molecule has 108 valence electrons. The minimum atomic E-state index is -0.969. The molecule has 0 fully saturated rings. The number of benzene rings is 1. The molecule has 7 nitrogen and oxygen atoms in total. The maximum atomic E-state index is 12.3. The Morgan fingerprint density at radius 1 is 1.38 bits per heavy atom. The Balaban J connectivity index is 1.92. The molecule has 0 unspecified atom stereocenters. The summed E-state index contributed by atoms with van der Waals surface area (Å²) in [6.45, 7) is 0.555. The van der Waals surface area contributed by atoms with E-state index in [1.807, 2.05) is 0 Å². The zero-order chi connectivity index (χ0) is 14.8. The number of aromatic nitrogens is 2. The standard InChI is InChI=1S/C14H14N4O3/c19-13(20)11-3-1-5-12-10(11)4-2-6-18(12)14(21)17-9-7-15-16-8-9/h1,3,5,7-8H,2,4,6H2,(H,15,16)(H,17,21)(H,19,20). The molecule has 0 radical (unpaired) electrons. The number of hydrogen-bond donors (Lipinski definition) is 3. The van der Waals surface area contributed by atoms with Crippen molar-refractivity contribution in [2.45, 2.75) is 12.8 Å². The Hall–Kier alpha value is -2.83. The van der Waals surface area contributed by atoms with Gasteiger partial charge in [-0.1, -0.05) is 6.07 Å². The van der Waals surface area contributed by atoms with Gasteiger partial charge in [0.1, 0.15) is 0 Å². The zero-order valence-electron chi connectivity index (χ0n) is 11.2. The van der Waals surface area contributed by atoms with Crippen LogP contribution < -0.4 is 10.2 Å². The molecule has 0 aliphatic carbocycles.